The third-order valence-corrected chi connectivity index (χ3v) is 3.42. The maximum atomic E-state index is 11.1. The third-order valence-electron chi connectivity index (χ3n) is 3.42. The fraction of sp³-hybridized carbons (Fsp3) is 0.125. The number of imidazole rings is 1. The van der Waals surface area contributed by atoms with E-state index in [1.807, 2.05) is 47.8 Å². The first-order valence-electron chi connectivity index (χ1n) is 6.54. The fourth-order valence-corrected chi connectivity index (χ4v) is 2.27. The molecule has 0 aliphatic rings. The van der Waals surface area contributed by atoms with Gasteiger partial charge in [0.05, 0.1) is 16.6 Å². The zero-order valence-electron chi connectivity index (χ0n) is 11.8. The number of hydrogen-bond acceptors (Lipinski definition) is 3. The molecule has 3 rings (SSSR count). The van der Waals surface area contributed by atoms with Gasteiger partial charge in [-0.05, 0) is 36.4 Å². The lowest BCUT2D eigenvalue weighted by Crippen LogP contribution is -2.08. The average Bonchev–Trinajstić information content (AvgIpc) is 2.90. The van der Waals surface area contributed by atoms with Gasteiger partial charge in [0.25, 0.3) is 0 Å². The lowest BCUT2D eigenvalue weighted by molar-refractivity contribution is 0.0697. The van der Waals surface area contributed by atoms with E-state index in [1.54, 1.807) is 24.5 Å². The molecule has 106 valence electrons. The van der Waals surface area contributed by atoms with Gasteiger partial charge < -0.3 is 10.0 Å². The van der Waals surface area contributed by atoms with Gasteiger partial charge in [0, 0.05) is 25.5 Å². The number of nitrogens with zero attached hydrogens (tertiary/aromatic N) is 3. The molecule has 0 aliphatic carbocycles. The van der Waals surface area contributed by atoms with Gasteiger partial charge in [0.2, 0.25) is 0 Å². The van der Waals surface area contributed by atoms with Gasteiger partial charge in [0.1, 0.15) is 6.33 Å². The van der Waals surface area contributed by atoms with E-state index < -0.39 is 5.97 Å². The molecule has 21 heavy (non-hydrogen) atoms. The predicted octanol–water partition coefficient (Wildman–Crippen LogP) is 2.79. The first-order valence-corrected chi connectivity index (χ1v) is 6.54. The van der Waals surface area contributed by atoms with Crippen molar-refractivity contribution in [2.24, 2.45) is 0 Å². The van der Waals surface area contributed by atoms with E-state index in [9.17, 15) is 4.79 Å². The predicted molar refractivity (Wildman–Crippen MR) is 82.4 cm³/mol. The zero-order valence-corrected chi connectivity index (χ0v) is 11.8. The maximum absolute atomic E-state index is 11.1. The van der Waals surface area contributed by atoms with Crippen LogP contribution in [0.5, 0.6) is 0 Å². The SMILES string of the molecule is CN(C)c1cccc(-n2cnc3ccc(C(=O)O)cc32)c1. The van der Waals surface area contributed by atoms with Gasteiger partial charge in [0.15, 0.2) is 0 Å². The maximum Gasteiger partial charge on any atom is 0.335 e. The smallest absolute Gasteiger partial charge is 0.335 e. The van der Waals surface area contributed by atoms with Crippen molar-refractivity contribution in [2.45, 2.75) is 0 Å². The number of hydrogen-bond donors (Lipinski definition) is 1. The van der Waals surface area contributed by atoms with E-state index in [-0.39, 0.29) is 5.56 Å². The Morgan fingerprint density at radius 1 is 1.19 bits per heavy atom. The highest BCUT2D eigenvalue weighted by Crippen LogP contribution is 2.22. The van der Waals surface area contributed by atoms with Crippen molar-refractivity contribution in [2.75, 3.05) is 19.0 Å². The van der Waals surface area contributed by atoms with Crippen LogP contribution in [0.2, 0.25) is 0 Å². The number of carboxylic acids is 1. The van der Waals surface area contributed by atoms with E-state index in [1.165, 1.54) is 0 Å². The summed E-state index contributed by atoms with van der Waals surface area (Å²) in [5.41, 5.74) is 3.84. The molecule has 1 heterocycles. The van der Waals surface area contributed by atoms with Gasteiger partial charge in [-0.3, -0.25) is 4.57 Å². The molecule has 0 amide bonds. The molecule has 0 saturated carbocycles. The Morgan fingerprint density at radius 3 is 2.71 bits per heavy atom. The molecular formula is C16H15N3O2. The second-order valence-corrected chi connectivity index (χ2v) is 5.04. The normalized spacial score (nSPS) is 10.8. The van der Waals surface area contributed by atoms with Crippen LogP contribution < -0.4 is 4.90 Å². The van der Waals surface area contributed by atoms with Crippen LogP contribution in [-0.4, -0.2) is 34.7 Å². The molecule has 3 aromatic rings. The third kappa shape index (κ3) is 2.33. The number of anilines is 1. The van der Waals surface area contributed by atoms with Crippen LogP contribution in [0.4, 0.5) is 5.69 Å². The van der Waals surface area contributed by atoms with Crippen LogP contribution in [0.25, 0.3) is 16.7 Å². The van der Waals surface area contributed by atoms with Crippen molar-refractivity contribution >= 4 is 22.7 Å². The van der Waals surface area contributed by atoms with Crippen molar-refractivity contribution in [3.63, 3.8) is 0 Å². The van der Waals surface area contributed by atoms with Crippen LogP contribution in [-0.2, 0) is 0 Å². The lowest BCUT2D eigenvalue weighted by atomic mass is 10.2. The molecule has 0 unspecified atom stereocenters. The van der Waals surface area contributed by atoms with E-state index in [0.29, 0.717) is 0 Å². The van der Waals surface area contributed by atoms with E-state index in [0.717, 1.165) is 22.4 Å². The molecule has 1 N–H and O–H groups in total. The van der Waals surface area contributed by atoms with Gasteiger partial charge in [-0.15, -0.1) is 0 Å². The molecule has 0 saturated heterocycles. The number of aromatic carboxylic acids is 1. The Labute approximate surface area is 122 Å². The molecule has 0 spiro atoms. The molecule has 0 fully saturated rings. The first-order chi connectivity index (χ1) is 10.1. The monoisotopic (exact) mass is 281 g/mol. The quantitative estimate of drug-likeness (QED) is 0.802. The van der Waals surface area contributed by atoms with Gasteiger partial charge >= 0.3 is 5.97 Å². The number of benzene rings is 2. The summed E-state index contributed by atoms with van der Waals surface area (Å²) in [5, 5.41) is 9.12. The molecular weight excluding hydrogens is 266 g/mol. The number of carboxylic acid groups (broad SMARTS) is 1. The summed E-state index contributed by atoms with van der Waals surface area (Å²) in [6.07, 6.45) is 1.71. The minimum absolute atomic E-state index is 0.257. The first kappa shape index (κ1) is 13.2. The number of carbonyl (C=O) groups is 1. The zero-order chi connectivity index (χ0) is 15.0. The summed E-state index contributed by atoms with van der Waals surface area (Å²) in [5.74, 6) is -0.938. The average molecular weight is 281 g/mol. The van der Waals surface area contributed by atoms with Crippen LogP contribution in [0, 0.1) is 0 Å². The summed E-state index contributed by atoms with van der Waals surface area (Å²) in [6.45, 7) is 0. The second kappa shape index (κ2) is 4.94. The highest BCUT2D eigenvalue weighted by atomic mass is 16.4. The van der Waals surface area contributed by atoms with E-state index in [2.05, 4.69) is 4.98 Å². The van der Waals surface area contributed by atoms with Crippen molar-refractivity contribution in [3.05, 3.63) is 54.4 Å². The van der Waals surface area contributed by atoms with Crippen LogP contribution in [0.15, 0.2) is 48.8 Å². The standard InChI is InChI=1S/C16H15N3O2/c1-18(2)12-4-3-5-13(9-12)19-10-17-14-7-6-11(16(20)21)8-15(14)19/h3-10H,1-2H3,(H,20,21). The Kier molecular flexibility index (Phi) is 3.10. The molecule has 0 aliphatic heterocycles. The molecule has 5 nitrogen and oxygen atoms in total. The number of aromatic nitrogens is 2. The van der Waals surface area contributed by atoms with Crippen LogP contribution >= 0.6 is 0 Å². The minimum Gasteiger partial charge on any atom is -0.478 e. The fourth-order valence-electron chi connectivity index (χ4n) is 2.27. The van der Waals surface area contributed by atoms with E-state index >= 15 is 0 Å². The Balaban J connectivity index is 2.18. The van der Waals surface area contributed by atoms with Crippen molar-refractivity contribution < 1.29 is 9.90 Å². The van der Waals surface area contributed by atoms with Crippen LogP contribution in [0.1, 0.15) is 10.4 Å². The minimum atomic E-state index is -0.938. The second-order valence-electron chi connectivity index (χ2n) is 5.04. The summed E-state index contributed by atoms with van der Waals surface area (Å²) in [4.78, 5) is 17.5. The topological polar surface area (TPSA) is 58.4 Å². The summed E-state index contributed by atoms with van der Waals surface area (Å²) >= 11 is 0. The number of fused-ring (bicyclic) bond motifs is 1. The summed E-state index contributed by atoms with van der Waals surface area (Å²) in [7, 11) is 3.96. The van der Waals surface area contributed by atoms with Crippen molar-refractivity contribution in [3.8, 4) is 5.69 Å². The van der Waals surface area contributed by atoms with Gasteiger partial charge in [-0.25, -0.2) is 9.78 Å². The Hall–Kier alpha value is -2.82. The molecule has 5 heteroatoms. The highest BCUT2D eigenvalue weighted by molar-refractivity contribution is 5.92. The Morgan fingerprint density at radius 2 is 2.00 bits per heavy atom. The number of rotatable bonds is 3. The van der Waals surface area contributed by atoms with Crippen molar-refractivity contribution in [1.82, 2.24) is 9.55 Å². The molecule has 2 aromatic carbocycles. The summed E-state index contributed by atoms with van der Waals surface area (Å²) in [6, 6.07) is 12.9. The van der Waals surface area contributed by atoms with Gasteiger partial charge in [-0.2, -0.15) is 0 Å². The highest BCUT2D eigenvalue weighted by Gasteiger charge is 2.09. The lowest BCUT2D eigenvalue weighted by Gasteiger charge is -2.14. The largest absolute Gasteiger partial charge is 0.478 e. The van der Waals surface area contributed by atoms with Gasteiger partial charge in [-0.1, -0.05) is 6.07 Å². The molecule has 0 bridgehead atoms. The summed E-state index contributed by atoms with van der Waals surface area (Å²) < 4.78 is 1.90. The Bertz CT molecular complexity index is 821. The molecule has 0 atom stereocenters. The molecule has 0 radical (unpaired) electrons. The van der Waals surface area contributed by atoms with E-state index in [4.69, 9.17) is 5.11 Å². The molecule has 1 aromatic heterocycles. The van der Waals surface area contributed by atoms with Crippen LogP contribution in [0.3, 0.4) is 0 Å². The van der Waals surface area contributed by atoms with Crippen molar-refractivity contribution in [1.29, 1.82) is 0 Å².